The molecule has 0 radical (unpaired) electrons. The summed E-state index contributed by atoms with van der Waals surface area (Å²) in [5.41, 5.74) is -0.382. The maximum atomic E-state index is 10.9. The number of hydrogen-bond acceptors (Lipinski definition) is 3. The van der Waals surface area contributed by atoms with Crippen LogP contribution >= 0.6 is 0 Å². The predicted molar refractivity (Wildman–Crippen MR) is 47.7 cm³/mol. The van der Waals surface area contributed by atoms with Gasteiger partial charge in [0.15, 0.2) is 0 Å². The Hall–Kier alpha value is -1.30. The zero-order valence-electron chi connectivity index (χ0n) is 7.75. The summed E-state index contributed by atoms with van der Waals surface area (Å²) in [5.74, 6) is -0.357. The van der Waals surface area contributed by atoms with Crippen molar-refractivity contribution in [2.24, 2.45) is 5.41 Å². The molecule has 0 spiro atoms. The Bertz CT molecular complexity index is 259. The summed E-state index contributed by atoms with van der Waals surface area (Å²) in [6.45, 7) is 2.14. The molecule has 0 unspecified atom stereocenters. The van der Waals surface area contributed by atoms with Crippen LogP contribution < -0.4 is 0 Å². The van der Waals surface area contributed by atoms with E-state index in [9.17, 15) is 4.79 Å². The van der Waals surface area contributed by atoms with Gasteiger partial charge >= 0.3 is 5.97 Å². The van der Waals surface area contributed by atoms with Gasteiger partial charge in [0.05, 0.1) is 18.1 Å². The molecule has 1 fully saturated rings. The van der Waals surface area contributed by atoms with E-state index >= 15 is 0 Å². The number of carbonyl (C=O) groups is 1. The summed E-state index contributed by atoms with van der Waals surface area (Å²) < 4.78 is 4.72. The van der Waals surface area contributed by atoms with Crippen molar-refractivity contribution >= 4 is 5.97 Å². The third kappa shape index (κ3) is 2.32. The molecule has 0 saturated heterocycles. The van der Waals surface area contributed by atoms with Crippen LogP contribution in [0.1, 0.15) is 26.2 Å². The summed E-state index contributed by atoms with van der Waals surface area (Å²) in [6, 6.07) is 2.22. The minimum Gasteiger partial charge on any atom is -0.463 e. The summed E-state index contributed by atoms with van der Waals surface area (Å²) in [7, 11) is 0. The quantitative estimate of drug-likeness (QED) is 0.490. The summed E-state index contributed by atoms with van der Waals surface area (Å²) in [6.07, 6.45) is 5.83. The fraction of sp³-hybridized carbons (Fsp3) is 0.600. The van der Waals surface area contributed by atoms with Gasteiger partial charge in [-0.2, -0.15) is 5.26 Å². The van der Waals surface area contributed by atoms with Gasteiger partial charge in [0.1, 0.15) is 0 Å². The second-order valence-electron chi connectivity index (χ2n) is 3.21. The van der Waals surface area contributed by atoms with Gasteiger partial charge in [-0.1, -0.05) is 6.08 Å². The molecule has 0 heterocycles. The van der Waals surface area contributed by atoms with Crippen LogP contribution in [0.25, 0.3) is 0 Å². The number of ether oxygens (including phenoxy) is 1. The second kappa shape index (κ2) is 4.08. The van der Waals surface area contributed by atoms with Gasteiger partial charge in [0, 0.05) is 6.08 Å². The maximum absolute atomic E-state index is 10.9. The smallest absolute Gasteiger partial charge is 0.330 e. The van der Waals surface area contributed by atoms with Gasteiger partial charge < -0.3 is 4.74 Å². The molecule has 13 heavy (non-hydrogen) atoms. The van der Waals surface area contributed by atoms with Crippen LogP contribution in [0.5, 0.6) is 0 Å². The highest BCUT2D eigenvalue weighted by Gasteiger charge is 2.34. The van der Waals surface area contributed by atoms with Crippen LogP contribution in [0.4, 0.5) is 0 Å². The Labute approximate surface area is 78.0 Å². The fourth-order valence-electron chi connectivity index (χ4n) is 1.29. The topological polar surface area (TPSA) is 50.1 Å². The highest BCUT2D eigenvalue weighted by atomic mass is 16.5. The zero-order chi connectivity index (χ0) is 9.73. The van der Waals surface area contributed by atoms with Crippen LogP contribution in [0.2, 0.25) is 0 Å². The van der Waals surface area contributed by atoms with Crippen LogP contribution in [0.15, 0.2) is 12.2 Å². The summed E-state index contributed by atoms with van der Waals surface area (Å²) >= 11 is 0. The molecule has 3 nitrogen and oxygen atoms in total. The van der Waals surface area contributed by atoms with E-state index in [1.807, 2.05) is 0 Å². The first-order valence-corrected chi connectivity index (χ1v) is 4.50. The first-order chi connectivity index (χ1) is 6.22. The number of hydrogen-bond donors (Lipinski definition) is 0. The molecule has 0 aliphatic heterocycles. The van der Waals surface area contributed by atoms with Crippen LogP contribution in [-0.2, 0) is 9.53 Å². The van der Waals surface area contributed by atoms with E-state index in [0.717, 1.165) is 19.3 Å². The first-order valence-electron chi connectivity index (χ1n) is 4.50. The molecule has 0 aromatic rings. The van der Waals surface area contributed by atoms with Gasteiger partial charge in [0.2, 0.25) is 0 Å². The van der Waals surface area contributed by atoms with Crippen molar-refractivity contribution in [1.29, 1.82) is 5.26 Å². The number of rotatable bonds is 3. The lowest BCUT2D eigenvalue weighted by Gasteiger charge is -2.31. The molecule has 3 heteroatoms. The summed E-state index contributed by atoms with van der Waals surface area (Å²) in [4.78, 5) is 10.9. The molecule has 0 bridgehead atoms. The highest BCUT2D eigenvalue weighted by Crippen LogP contribution is 2.41. The van der Waals surface area contributed by atoms with E-state index in [1.54, 1.807) is 13.0 Å². The fourth-order valence-corrected chi connectivity index (χ4v) is 1.29. The van der Waals surface area contributed by atoms with Gasteiger partial charge in [-0.3, -0.25) is 0 Å². The largest absolute Gasteiger partial charge is 0.463 e. The van der Waals surface area contributed by atoms with Gasteiger partial charge in [-0.05, 0) is 26.2 Å². The summed E-state index contributed by atoms with van der Waals surface area (Å²) in [5, 5.41) is 8.83. The average Bonchev–Trinajstić information content (AvgIpc) is 2.04. The molecule has 1 aliphatic rings. The number of carbonyl (C=O) groups excluding carboxylic acids is 1. The normalized spacial score (nSPS) is 19.1. The number of nitriles is 1. The van der Waals surface area contributed by atoms with E-state index in [2.05, 4.69) is 6.07 Å². The van der Waals surface area contributed by atoms with Gasteiger partial charge in [0.25, 0.3) is 0 Å². The van der Waals surface area contributed by atoms with Gasteiger partial charge in [-0.25, -0.2) is 4.79 Å². The lowest BCUT2D eigenvalue weighted by molar-refractivity contribution is -0.137. The minimum atomic E-state index is -0.382. The minimum absolute atomic E-state index is 0.357. The van der Waals surface area contributed by atoms with Crippen molar-refractivity contribution in [2.75, 3.05) is 6.61 Å². The second-order valence-corrected chi connectivity index (χ2v) is 3.21. The molecule has 0 atom stereocenters. The lowest BCUT2D eigenvalue weighted by atomic mass is 9.70. The van der Waals surface area contributed by atoms with Crippen molar-refractivity contribution in [3.63, 3.8) is 0 Å². The molecular weight excluding hydrogens is 166 g/mol. The van der Waals surface area contributed by atoms with Crippen molar-refractivity contribution in [1.82, 2.24) is 0 Å². The van der Waals surface area contributed by atoms with Crippen LogP contribution in [0, 0.1) is 16.7 Å². The molecule has 0 aromatic carbocycles. The highest BCUT2D eigenvalue weighted by molar-refractivity contribution is 5.82. The van der Waals surface area contributed by atoms with Crippen LogP contribution in [0.3, 0.4) is 0 Å². The Morgan fingerprint density at radius 3 is 2.77 bits per heavy atom. The van der Waals surface area contributed by atoms with Crippen LogP contribution in [-0.4, -0.2) is 12.6 Å². The zero-order valence-corrected chi connectivity index (χ0v) is 7.75. The Morgan fingerprint density at radius 1 is 1.69 bits per heavy atom. The molecular formula is C10H13NO2. The SMILES string of the molecule is CCOC(=O)/C=C/C1(C#N)CCC1. The van der Waals surface area contributed by atoms with E-state index in [4.69, 9.17) is 10.00 Å². The number of allylic oxidation sites excluding steroid dienone is 1. The molecule has 1 rings (SSSR count). The van der Waals surface area contributed by atoms with Crippen molar-refractivity contribution < 1.29 is 9.53 Å². The average molecular weight is 179 g/mol. The van der Waals surface area contributed by atoms with Crippen molar-refractivity contribution in [3.05, 3.63) is 12.2 Å². The van der Waals surface area contributed by atoms with E-state index in [-0.39, 0.29) is 11.4 Å². The monoisotopic (exact) mass is 179 g/mol. The Kier molecular flexibility index (Phi) is 3.07. The number of esters is 1. The number of nitrogens with zero attached hydrogens (tertiary/aromatic N) is 1. The molecule has 0 amide bonds. The predicted octanol–water partition coefficient (Wildman–Crippen LogP) is 1.80. The molecule has 1 saturated carbocycles. The lowest BCUT2D eigenvalue weighted by Crippen LogP contribution is -2.25. The standard InChI is InChI=1S/C10H13NO2/c1-2-13-9(12)4-7-10(8-11)5-3-6-10/h4,7H,2-3,5-6H2,1H3/b7-4+. The molecule has 0 aromatic heterocycles. The maximum Gasteiger partial charge on any atom is 0.330 e. The van der Waals surface area contributed by atoms with E-state index in [1.165, 1.54) is 6.08 Å². The molecule has 70 valence electrons. The van der Waals surface area contributed by atoms with Crippen molar-refractivity contribution in [2.45, 2.75) is 26.2 Å². The molecule has 0 N–H and O–H groups in total. The Morgan fingerprint density at radius 2 is 2.38 bits per heavy atom. The first kappa shape index (κ1) is 9.79. The Balaban J connectivity index is 2.47. The third-order valence-corrected chi connectivity index (χ3v) is 2.29. The van der Waals surface area contributed by atoms with Gasteiger partial charge in [-0.15, -0.1) is 0 Å². The van der Waals surface area contributed by atoms with Crippen molar-refractivity contribution in [3.8, 4) is 6.07 Å². The molecule has 1 aliphatic carbocycles. The van der Waals surface area contributed by atoms with E-state index < -0.39 is 0 Å². The van der Waals surface area contributed by atoms with E-state index in [0.29, 0.717) is 6.61 Å². The third-order valence-electron chi connectivity index (χ3n) is 2.29.